The molecule has 20 heavy (non-hydrogen) atoms. The van der Waals surface area contributed by atoms with Crippen molar-refractivity contribution in [3.8, 4) is 5.69 Å². The van der Waals surface area contributed by atoms with Gasteiger partial charge in [0.05, 0.1) is 17.3 Å². The van der Waals surface area contributed by atoms with Crippen molar-refractivity contribution in [3.05, 3.63) is 36.9 Å². The van der Waals surface area contributed by atoms with Gasteiger partial charge < -0.3 is 11.1 Å². The minimum atomic E-state index is -0.209. The lowest BCUT2D eigenvalue weighted by molar-refractivity contribution is -0.120. The number of aromatic nitrogens is 3. The topological polar surface area (TPSA) is 85.8 Å². The van der Waals surface area contributed by atoms with E-state index in [1.807, 2.05) is 38.1 Å². The van der Waals surface area contributed by atoms with Crippen LogP contribution in [0, 0.1) is 11.8 Å². The normalized spacial score (nSPS) is 12.4. The van der Waals surface area contributed by atoms with Crippen LogP contribution in [0.1, 0.15) is 13.8 Å². The first-order valence-electron chi connectivity index (χ1n) is 6.58. The van der Waals surface area contributed by atoms with Crippen LogP contribution in [0.25, 0.3) is 5.69 Å². The van der Waals surface area contributed by atoms with Crippen molar-refractivity contribution in [2.24, 2.45) is 17.6 Å². The molecule has 3 N–H and O–H groups in total. The monoisotopic (exact) mass is 273 g/mol. The Hall–Kier alpha value is -2.21. The fourth-order valence-electron chi connectivity index (χ4n) is 2.02. The van der Waals surface area contributed by atoms with Gasteiger partial charge in [0.2, 0.25) is 5.91 Å². The van der Waals surface area contributed by atoms with Crippen LogP contribution in [0.4, 0.5) is 5.69 Å². The van der Waals surface area contributed by atoms with E-state index < -0.39 is 0 Å². The van der Waals surface area contributed by atoms with E-state index in [1.165, 1.54) is 6.33 Å². The Morgan fingerprint density at radius 3 is 2.75 bits per heavy atom. The van der Waals surface area contributed by atoms with E-state index in [9.17, 15) is 4.79 Å². The van der Waals surface area contributed by atoms with Gasteiger partial charge in [0, 0.05) is 6.54 Å². The molecule has 6 nitrogen and oxygen atoms in total. The second kappa shape index (κ2) is 6.29. The van der Waals surface area contributed by atoms with Crippen LogP contribution in [0.3, 0.4) is 0 Å². The maximum atomic E-state index is 12.3. The second-order valence-corrected chi connectivity index (χ2v) is 4.93. The number of rotatable bonds is 5. The van der Waals surface area contributed by atoms with Crippen LogP contribution in [-0.4, -0.2) is 27.2 Å². The smallest absolute Gasteiger partial charge is 0.229 e. The van der Waals surface area contributed by atoms with E-state index >= 15 is 0 Å². The van der Waals surface area contributed by atoms with Crippen molar-refractivity contribution in [3.63, 3.8) is 0 Å². The molecule has 0 spiro atoms. The first kappa shape index (κ1) is 14.2. The third-order valence-electron chi connectivity index (χ3n) is 3.22. The van der Waals surface area contributed by atoms with E-state index in [4.69, 9.17) is 5.73 Å². The highest BCUT2D eigenvalue weighted by atomic mass is 16.1. The lowest BCUT2D eigenvalue weighted by Gasteiger charge is -2.19. The average Bonchev–Trinajstić information content (AvgIpc) is 2.93. The van der Waals surface area contributed by atoms with Crippen molar-refractivity contribution >= 4 is 11.6 Å². The summed E-state index contributed by atoms with van der Waals surface area (Å²) in [5, 5.41) is 7.01. The van der Waals surface area contributed by atoms with Gasteiger partial charge in [-0.1, -0.05) is 26.0 Å². The molecule has 0 bridgehead atoms. The average molecular weight is 273 g/mol. The zero-order valence-corrected chi connectivity index (χ0v) is 11.7. The van der Waals surface area contributed by atoms with Gasteiger partial charge in [-0.25, -0.2) is 9.67 Å². The number of nitrogens with two attached hydrogens (primary N) is 1. The molecule has 0 aliphatic carbocycles. The molecule has 6 heteroatoms. The molecule has 106 valence electrons. The quantitative estimate of drug-likeness (QED) is 0.863. The minimum Gasteiger partial charge on any atom is -0.330 e. The largest absolute Gasteiger partial charge is 0.330 e. The molecule has 0 saturated heterocycles. The molecule has 1 aromatic carbocycles. The summed E-state index contributed by atoms with van der Waals surface area (Å²) >= 11 is 0. The molecule has 1 aromatic heterocycles. The molecular weight excluding hydrogens is 254 g/mol. The zero-order valence-electron chi connectivity index (χ0n) is 11.7. The first-order chi connectivity index (χ1) is 9.63. The summed E-state index contributed by atoms with van der Waals surface area (Å²) in [6, 6.07) is 7.46. The van der Waals surface area contributed by atoms with Crippen molar-refractivity contribution in [1.82, 2.24) is 14.8 Å². The van der Waals surface area contributed by atoms with Gasteiger partial charge in [0.15, 0.2) is 0 Å². The summed E-state index contributed by atoms with van der Waals surface area (Å²) < 4.78 is 1.61. The molecule has 0 saturated carbocycles. The van der Waals surface area contributed by atoms with Gasteiger partial charge in [0.1, 0.15) is 12.7 Å². The Labute approximate surface area is 118 Å². The lowest BCUT2D eigenvalue weighted by atomic mass is 9.95. The Bertz CT molecular complexity index is 565. The SMILES string of the molecule is CC(C)C(CN)C(=O)Nc1ccccc1-n1cncn1. The molecule has 1 heterocycles. The molecule has 1 amide bonds. The molecule has 0 aliphatic rings. The number of nitrogens with one attached hydrogen (secondary N) is 1. The predicted octanol–water partition coefficient (Wildman–Crippen LogP) is 1.44. The number of amides is 1. The molecule has 1 unspecified atom stereocenters. The van der Waals surface area contributed by atoms with Crippen LogP contribution >= 0.6 is 0 Å². The van der Waals surface area contributed by atoms with Gasteiger partial charge in [-0.05, 0) is 18.1 Å². The summed E-state index contributed by atoms with van der Waals surface area (Å²) in [6.45, 7) is 4.30. The van der Waals surface area contributed by atoms with Crippen molar-refractivity contribution in [2.75, 3.05) is 11.9 Å². The summed E-state index contributed by atoms with van der Waals surface area (Å²) in [7, 11) is 0. The molecule has 2 aromatic rings. The van der Waals surface area contributed by atoms with Gasteiger partial charge in [-0.15, -0.1) is 0 Å². The molecule has 0 aliphatic heterocycles. The van der Waals surface area contributed by atoms with Crippen molar-refractivity contribution in [2.45, 2.75) is 13.8 Å². The van der Waals surface area contributed by atoms with Gasteiger partial charge >= 0.3 is 0 Å². The molecule has 0 fully saturated rings. The summed E-state index contributed by atoms with van der Waals surface area (Å²) in [4.78, 5) is 16.2. The third kappa shape index (κ3) is 3.03. The summed E-state index contributed by atoms with van der Waals surface area (Å²) in [5.41, 5.74) is 7.14. The number of anilines is 1. The minimum absolute atomic E-state index is 0.0740. The number of hydrogen-bond donors (Lipinski definition) is 2. The zero-order chi connectivity index (χ0) is 14.5. The van der Waals surface area contributed by atoms with Crippen LogP contribution in [0.2, 0.25) is 0 Å². The van der Waals surface area contributed by atoms with Crippen LogP contribution in [0.15, 0.2) is 36.9 Å². The van der Waals surface area contributed by atoms with Gasteiger partial charge in [-0.3, -0.25) is 4.79 Å². The number of hydrogen-bond acceptors (Lipinski definition) is 4. The maximum Gasteiger partial charge on any atom is 0.229 e. The van der Waals surface area contributed by atoms with Crippen molar-refractivity contribution < 1.29 is 4.79 Å². The van der Waals surface area contributed by atoms with E-state index in [-0.39, 0.29) is 17.7 Å². The maximum absolute atomic E-state index is 12.3. The number of carbonyl (C=O) groups is 1. The second-order valence-electron chi connectivity index (χ2n) is 4.93. The van der Waals surface area contributed by atoms with E-state index in [1.54, 1.807) is 11.0 Å². The number of nitrogens with zero attached hydrogens (tertiary/aromatic N) is 3. The number of benzene rings is 1. The van der Waals surface area contributed by atoms with Crippen LogP contribution in [0.5, 0.6) is 0 Å². The Morgan fingerprint density at radius 1 is 1.40 bits per heavy atom. The lowest BCUT2D eigenvalue weighted by Crippen LogP contribution is -2.33. The highest BCUT2D eigenvalue weighted by Crippen LogP contribution is 2.20. The molecular formula is C14H19N5O. The third-order valence-corrected chi connectivity index (χ3v) is 3.22. The van der Waals surface area contributed by atoms with E-state index in [2.05, 4.69) is 15.4 Å². The summed E-state index contributed by atoms with van der Waals surface area (Å²) in [5.74, 6) is -0.0904. The van der Waals surface area contributed by atoms with Crippen molar-refractivity contribution in [1.29, 1.82) is 0 Å². The van der Waals surface area contributed by atoms with Crippen LogP contribution < -0.4 is 11.1 Å². The van der Waals surface area contributed by atoms with Crippen LogP contribution in [-0.2, 0) is 4.79 Å². The molecule has 2 rings (SSSR count). The first-order valence-corrected chi connectivity index (χ1v) is 6.58. The number of carbonyl (C=O) groups excluding carboxylic acids is 1. The number of para-hydroxylation sites is 2. The summed E-state index contributed by atoms with van der Waals surface area (Å²) in [6.07, 6.45) is 3.04. The Morgan fingerprint density at radius 2 is 2.15 bits per heavy atom. The fourth-order valence-corrected chi connectivity index (χ4v) is 2.02. The van der Waals surface area contributed by atoms with Gasteiger partial charge in [0.25, 0.3) is 0 Å². The van der Waals surface area contributed by atoms with E-state index in [0.717, 1.165) is 5.69 Å². The Kier molecular flexibility index (Phi) is 4.47. The highest BCUT2D eigenvalue weighted by molar-refractivity contribution is 5.94. The standard InChI is InChI=1S/C14H19N5O/c1-10(2)11(7-15)14(20)18-12-5-3-4-6-13(12)19-9-16-8-17-19/h3-6,8-11H,7,15H2,1-2H3,(H,18,20). The fraction of sp³-hybridized carbons (Fsp3) is 0.357. The van der Waals surface area contributed by atoms with Gasteiger partial charge in [-0.2, -0.15) is 5.10 Å². The molecule has 0 radical (unpaired) electrons. The Balaban J connectivity index is 2.24. The highest BCUT2D eigenvalue weighted by Gasteiger charge is 2.21. The van der Waals surface area contributed by atoms with E-state index in [0.29, 0.717) is 12.2 Å². The molecule has 1 atom stereocenters. The predicted molar refractivity (Wildman–Crippen MR) is 77.4 cm³/mol.